The molecular formula is C2H7Cl2NaO. The van der Waals surface area contributed by atoms with Crippen LogP contribution >= 0.6 is 23.2 Å². The van der Waals surface area contributed by atoms with Gasteiger partial charge in [0.25, 0.3) is 0 Å². The molecule has 0 saturated heterocycles. The van der Waals surface area contributed by atoms with Crippen LogP contribution in [0.5, 0.6) is 0 Å². The molecule has 6 heavy (non-hydrogen) atoms. The predicted octanol–water partition coefficient (Wildman–Crippen LogP) is 0.382. The van der Waals surface area contributed by atoms with E-state index < -0.39 is 0 Å². The van der Waals surface area contributed by atoms with Crippen LogP contribution in [0.3, 0.4) is 0 Å². The molecule has 0 radical (unpaired) electrons. The molecule has 0 unspecified atom stereocenters. The van der Waals surface area contributed by atoms with Crippen LogP contribution in [0, 0.1) is 0 Å². The molecule has 1 nitrogen and oxygen atoms in total. The van der Waals surface area contributed by atoms with E-state index in [9.17, 15) is 0 Å². The van der Waals surface area contributed by atoms with Crippen molar-refractivity contribution in [3.8, 4) is 0 Å². The first-order chi connectivity index (χ1) is 2.41. The van der Waals surface area contributed by atoms with Crippen LogP contribution in [0.2, 0.25) is 0 Å². The molecule has 0 bridgehead atoms. The van der Waals surface area contributed by atoms with Gasteiger partial charge >= 0.3 is 29.6 Å². The first-order valence-electron chi connectivity index (χ1n) is 0.982. The third-order valence-corrected chi connectivity index (χ3v) is 0. The average molecular weight is 141 g/mol. The summed E-state index contributed by atoms with van der Waals surface area (Å²) in [4.78, 5) is 0. The van der Waals surface area contributed by atoms with Gasteiger partial charge in [-0.1, -0.05) is 0 Å². The minimum absolute atomic E-state index is 0. The maximum absolute atomic E-state index is 7.00. The van der Waals surface area contributed by atoms with Gasteiger partial charge in [-0.25, -0.2) is 0 Å². The van der Waals surface area contributed by atoms with E-state index in [1.165, 1.54) is 0 Å². The van der Waals surface area contributed by atoms with Crippen molar-refractivity contribution in [2.45, 2.75) is 0 Å². The molecule has 0 aliphatic heterocycles. The molecule has 0 fully saturated rings. The molecule has 0 heterocycles. The molecule has 0 atom stereocenters. The van der Waals surface area contributed by atoms with Crippen LogP contribution in [-0.2, 0) is 0 Å². The Morgan fingerprint density at radius 3 is 1.33 bits per heavy atom. The molecule has 0 amide bonds. The van der Waals surface area contributed by atoms with Crippen molar-refractivity contribution in [1.82, 2.24) is 0 Å². The van der Waals surface area contributed by atoms with Gasteiger partial charge in [-0.2, -0.15) is 0 Å². The molecule has 0 aliphatic carbocycles. The third kappa shape index (κ3) is 48.1. The minimum atomic E-state index is 0. The molecule has 0 rings (SSSR count). The summed E-state index contributed by atoms with van der Waals surface area (Å²) >= 11 is 9.53. The Morgan fingerprint density at radius 1 is 1.33 bits per heavy atom. The van der Waals surface area contributed by atoms with Crippen molar-refractivity contribution in [2.24, 2.45) is 0 Å². The fraction of sp³-hybridized carbons (Fsp3) is 1.00. The molecule has 4 heteroatoms. The zero-order valence-electron chi connectivity index (χ0n) is 2.91. The van der Waals surface area contributed by atoms with Gasteiger partial charge in [-0.15, -0.1) is 23.2 Å². The van der Waals surface area contributed by atoms with Crippen LogP contribution in [0.15, 0.2) is 0 Å². The Kier molecular flexibility index (Phi) is 81.1. The fourth-order valence-corrected chi connectivity index (χ4v) is 0. The molecular weight excluding hydrogens is 134 g/mol. The summed E-state index contributed by atoms with van der Waals surface area (Å²) in [5.41, 5.74) is 0. The summed E-state index contributed by atoms with van der Waals surface area (Å²) in [7, 11) is 1.00. The molecule has 1 N–H and O–H groups in total. The van der Waals surface area contributed by atoms with Crippen molar-refractivity contribution in [1.29, 1.82) is 0 Å². The van der Waals surface area contributed by atoms with Crippen LogP contribution in [-0.4, -0.2) is 47.1 Å². The van der Waals surface area contributed by atoms with E-state index in [1.807, 2.05) is 0 Å². The summed E-state index contributed by atoms with van der Waals surface area (Å²) in [5, 5.41) is 7.19. The van der Waals surface area contributed by atoms with E-state index in [0.717, 1.165) is 7.11 Å². The molecule has 0 aliphatic rings. The monoisotopic (exact) mass is 140 g/mol. The van der Waals surface area contributed by atoms with Gasteiger partial charge < -0.3 is 5.11 Å². The van der Waals surface area contributed by atoms with Gasteiger partial charge in [0.05, 0.1) is 5.34 Å². The molecule has 0 aromatic rings. The Labute approximate surface area is 69.9 Å². The summed E-state index contributed by atoms with van der Waals surface area (Å²) in [6.07, 6.45) is 0. The molecule has 0 aromatic carbocycles. The number of hydrogen-bond acceptors (Lipinski definition) is 1. The van der Waals surface area contributed by atoms with E-state index >= 15 is 0 Å². The second-order valence-corrected chi connectivity index (χ2v) is 0.909. The van der Waals surface area contributed by atoms with Gasteiger partial charge in [0.15, 0.2) is 0 Å². The first-order valence-corrected chi connectivity index (χ1v) is 2.05. The van der Waals surface area contributed by atoms with Crippen LogP contribution in [0.4, 0.5) is 0 Å². The second kappa shape index (κ2) is 31.1. The Bertz CT molecular complexity index is 11.5. The van der Waals surface area contributed by atoms with Crippen molar-refractivity contribution in [2.75, 3.05) is 12.4 Å². The number of aliphatic hydroxyl groups is 1. The third-order valence-electron chi connectivity index (χ3n) is 0. The van der Waals surface area contributed by atoms with Crippen molar-refractivity contribution in [3.05, 3.63) is 0 Å². The van der Waals surface area contributed by atoms with Gasteiger partial charge in [0, 0.05) is 7.11 Å². The summed E-state index contributed by atoms with van der Waals surface area (Å²) in [6, 6.07) is 0. The van der Waals surface area contributed by atoms with E-state index in [2.05, 4.69) is 0 Å². The zero-order valence-corrected chi connectivity index (χ0v) is 4.42. The van der Waals surface area contributed by atoms with Gasteiger partial charge in [-0.05, 0) is 0 Å². The van der Waals surface area contributed by atoms with E-state index in [0.29, 0.717) is 0 Å². The number of rotatable bonds is 0. The number of aliphatic hydroxyl groups excluding tert-OH is 1. The average Bonchev–Trinajstić information content (AvgIpc) is 1.46. The van der Waals surface area contributed by atoms with Gasteiger partial charge in [-0.3, -0.25) is 0 Å². The van der Waals surface area contributed by atoms with Crippen LogP contribution < -0.4 is 0 Å². The van der Waals surface area contributed by atoms with Crippen molar-refractivity contribution >= 4 is 52.8 Å². The van der Waals surface area contributed by atoms with Gasteiger partial charge in [0.2, 0.25) is 0 Å². The quantitative estimate of drug-likeness (QED) is 0.382. The topological polar surface area (TPSA) is 20.2 Å². The summed E-state index contributed by atoms with van der Waals surface area (Å²) < 4.78 is 0. The van der Waals surface area contributed by atoms with Crippen molar-refractivity contribution in [3.63, 3.8) is 0 Å². The molecule has 0 saturated carbocycles. The predicted molar refractivity (Wildman–Crippen MR) is 31.9 cm³/mol. The van der Waals surface area contributed by atoms with Gasteiger partial charge in [0.1, 0.15) is 0 Å². The zero-order chi connectivity index (χ0) is 4.71. The number of halogens is 2. The Morgan fingerprint density at radius 2 is 1.33 bits per heavy atom. The summed E-state index contributed by atoms with van der Waals surface area (Å²) in [5.74, 6) is 0. The second-order valence-electron chi connectivity index (χ2n) is 0.101. The van der Waals surface area contributed by atoms with Crippen LogP contribution in [0.1, 0.15) is 0 Å². The number of hydrogen-bond donors (Lipinski definition) is 1. The fourth-order valence-electron chi connectivity index (χ4n) is 0. The van der Waals surface area contributed by atoms with Crippen LogP contribution in [0.25, 0.3) is 0 Å². The molecule has 0 spiro atoms. The number of alkyl halides is 2. The standard InChI is InChI=1S/CH2Cl2.CH4O.Na.H/c2-1-3;1-2;;/h1H2;2H,1H3;;. The van der Waals surface area contributed by atoms with E-state index in [4.69, 9.17) is 28.3 Å². The molecule has 0 aromatic heterocycles. The molecule has 36 valence electrons. The Hall–Kier alpha value is 1.54. The SMILES string of the molecule is CO.ClCCl.[NaH]. The van der Waals surface area contributed by atoms with E-state index in [1.54, 1.807) is 0 Å². The summed E-state index contributed by atoms with van der Waals surface area (Å²) in [6.45, 7) is 0. The normalized spacial score (nSPS) is 4.00. The Balaban J connectivity index is -0.0000000275. The van der Waals surface area contributed by atoms with Crippen molar-refractivity contribution < 1.29 is 5.11 Å². The maximum atomic E-state index is 7.00. The first kappa shape index (κ1) is 15.6. The van der Waals surface area contributed by atoms with E-state index in [-0.39, 0.29) is 34.9 Å².